The van der Waals surface area contributed by atoms with Crippen LogP contribution in [0.25, 0.3) is 0 Å². The number of amides is 1. The van der Waals surface area contributed by atoms with Gasteiger partial charge in [-0.2, -0.15) is 0 Å². The highest BCUT2D eigenvalue weighted by Gasteiger charge is 2.46. The Kier molecular flexibility index (Phi) is 3.07. The van der Waals surface area contributed by atoms with E-state index < -0.39 is 29.5 Å². The maximum Gasteiger partial charge on any atom is 0.261 e. The highest BCUT2D eigenvalue weighted by Crippen LogP contribution is 2.38. The van der Waals surface area contributed by atoms with Crippen molar-refractivity contribution in [3.8, 4) is 0 Å². The number of hydrogen-bond acceptors (Lipinski definition) is 3. The normalized spacial score (nSPS) is 20.0. The molecule has 3 rings (SSSR count). The number of para-hydroxylation sites is 1. The zero-order chi connectivity index (χ0) is 15.0. The lowest BCUT2D eigenvalue weighted by Gasteiger charge is -2.20. The summed E-state index contributed by atoms with van der Waals surface area (Å²) in [6, 6.07) is 12.1. The smallest absolute Gasteiger partial charge is 0.261 e. The number of carbonyl (C=O) groups excluding carboxylic acids is 2. The van der Waals surface area contributed by atoms with Crippen LogP contribution < -0.4 is 5.32 Å². The van der Waals surface area contributed by atoms with E-state index in [0.717, 1.165) is 0 Å². The number of anilines is 1. The summed E-state index contributed by atoms with van der Waals surface area (Å²) < 4.78 is 13.6. The summed E-state index contributed by atoms with van der Waals surface area (Å²) in [5.41, 5.74) is -1.30. The number of ketones is 1. The number of halogens is 1. The van der Waals surface area contributed by atoms with Crippen LogP contribution in [0.4, 0.5) is 10.1 Å². The SMILES string of the molecule is O=C(CC1(O)C(=O)Nc2ccccc21)c1ccccc1F. The predicted molar refractivity (Wildman–Crippen MR) is 74.3 cm³/mol. The van der Waals surface area contributed by atoms with E-state index in [2.05, 4.69) is 5.32 Å². The van der Waals surface area contributed by atoms with Crippen molar-refractivity contribution < 1.29 is 19.1 Å². The topological polar surface area (TPSA) is 66.4 Å². The summed E-state index contributed by atoms with van der Waals surface area (Å²) in [5, 5.41) is 13.1. The third-order valence-corrected chi connectivity index (χ3v) is 3.59. The van der Waals surface area contributed by atoms with E-state index in [1.807, 2.05) is 0 Å². The van der Waals surface area contributed by atoms with Gasteiger partial charge in [-0.3, -0.25) is 9.59 Å². The summed E-state index contributed by atoms with van der Waals surface area (Å²) in [6.07, 6.45) is -0.503. The van der Waals surface area contributed by atoms with Crippen molar-refractivity contribution in [1.82, 2.24) is 0 Å². The molecule has 1 atom stereocenters. The molecule has 0 radical (unpaired) electrons. The number of rotatable bonds is 3. The summed E-state index contributed by atoms with van der Waals surface area (Å²) in [4.78, 5) is 24.2. The van der Waals surface area contributed by atoms with Crippen LogP contribution in [0.1, 0.15) is 22.3 Å². The molecule has 106 valence electrons. The Hall–Kier alpha value is -2.53. The minimum atomic E-state index is -1.96. The number of hydrogen-bond donors (Lipinski definition) is 2. The molecule has 2 N–H and O–H groups in total. The molecule has 0 aliphatic carbocycles. The zero-order valence-corrected chi connectivity index (χ0v) is 11.0. The number of benzene rings is 2. The Morgan fingerprint density at radius 2 is 1.81 bits per heavy atom. The van der Waals surface area contributed by atoms with Gasteiger partial charge in [-0.25, -0.2) is 4.39 Å². The average Bonchev–Trinajstić information content (AvgIpc) is 2.71. The lowest BCUT2D eigenvalue weighted by molar-refractivity contribution is -0.133. The molecular formula is C16H12FNO3. The van der Waals surface area contributed by atoms with Gasteiger partial charge in [0.25, 0.3) is 5.91 Å². The van der Waals surface area contributed by atoms with Crippen molar-refractivity contribution in [2.75, 3.05) is 5.32 Å². The summed E-state index contributed by atoms with van der Waals surface area (Å²) >= 11 is 0. The molecule has 1 aliphatic rings. The Morgan fingerprint density at radius 3 is 2.57 bits per heavy atom. The molecule has 1 aliphatic heterocycles. The predicted octanol–water partition coefficient (Wildman–Crippen LogP) is 2.24. The van der Waals surface area contributed by atoms with E-state index in [1.165, 1.54) is 24.3 Å². The highest BCUT2D eigenvalue weighted by molar-refractivity contribution is 6.09. The Labute approximate surface area is 120 Å². The molecule has 0 saturated carbocycles. The van der Waals surface area contributed by atoms with E-state index in [9.17, 15) is 19.1 Å². The molecular weight excluding hydrogens is 273 g/mol. The quantitative estimate of drug-likeness (QED) is 0.850. The van der Waals surface area contributed by atoms with Crippen molar-refractivity contribution in [2.24, 2.45) is 0 Å². The molecule has 1 heterocycles. The van der Waals surface area contributed by atoms with E-state index in [-0.39, 0.29) is 5.56 Å². The first-order chi connectivity index (χ1) is 10.0. The summed E-state index contributed by atoms with van der Waals surface area (Å²) in [5.74, 6) is -1.96. The number of Topliss-reactive ketones (excluding diaryl/α,β-unsaturated/α-hetero) is 1. The maximum absolute atomic E-state index is 13.6. The van der Waals surface area contributed by atoms with Crippen molar-refractivity contribution in [3.05, 3.63) is 65.5 Å². The van der Waals surface area contributed by atoms with Crippen LogP contribution in [0.2, 0.25) is 0 Å². The fraction of sp³-hybridized carbons (Fsp3) is 0.125. The van der Waals surface area contributed by atoms with Gasteiger partial charge in [0.2, 0.25) is 0 Å². The molecule has 0 spiro atoms. The van der Waals surface area contributed by atoms with Crippen LogP contribution in [-0.2, 0) is 10.4 Å². The Bertz CT molecular complexity index is 744. The fourth-order valence-corrected chi connectivity index (χ4v) is 2.49. The minimum Gasteiger partial charge on any atom is -0.375 e. The van der Waals surface area contributed by atoms with Crippen molar-refractivity contribution in [2.45, 2.75) is 12.0 Å². The Balaban J connectivity index is 1.96. The largest absolute Gasteiger partial charge is 0.375 e. The van der Waals surface area contributed by atoms with Crippen molar-refractivity contribution in [3.63, 3.8) is 0 Å². The van der Waals surface area contributed by atoms with Gasteiger partial charge in [-0.1, -0.05) is 30.3 Å². The molecule has 0 saturated heterocycles. The van der Waals surface area contributed by atoms with Gasteiger partial charge in [-0.05, 0) is 18.2 Å². The van der Waals surface area contributed by atoms with Crippen LogP contribution >= 0.6 is 0 Å². The minimum absolute atomic E-state index is 0.136. The zero-order valence-electron chi connectivity index (χ0n) is 11.0. The monoisotopic (exact) mass is 285 g/mol. The summed E-state index contributed by atoms with van der Waals surface area (Å²) in [7, 11) is 0. The van der Waals surface area contributed by atoms with E-state index in [4.69, 9.17) is 0 Å². The molecule has 2 aromatic carbocycles. The molecule has 1 unspecified atom stereocenters. The number of nitrogens with one attached hydrogen (secondary N) is 1. The van der Waals surface area contributed by atoms with Gasteiger partial charge in [0.1, 0.15) is 5.82 Å². The van der Waals surface area contributed by atoms with Crippen LogP contribution in [0.15, 0.2) is 48.5 Å². The van der Waals surface area contributed by atoms with Gasteiger partial charge in [0.05, 0.1) is 12.0 Å². The van der Waals surface area contributed by atoms with Gasteiger partial charge in [-0.15, -0.1) is 0 Å². The summed E-state index contributed by atoms with van der Waals surface area (Å²) in [6.45, 7) is 0. The molecule has 0 aromatic heterocycles. The number of fused-ring (bicyclic) bond motifs is 1. The molecule has 4 nitrogen and oxygen atoms in total. The molecule has 21 heavy (non-hydrogen) atoms. The second-order valence-electron chi connectivity index (χ2n) is 4.94. The van der Waals surface area contributed by atoms with Crippen molar-refractivity contribution >= 4 is 17.4 Å². The second-order valence-corrected chi connectivity index (χ2v) is 4.94. The van der Waals surface area contributed by atoms with E-state index >= 15 is 0 Å². The fourth-order valence-electron chi connectivity index (χ4n) is 2.49. The first kappa shape index (κ1) is 13.5. The van der Waals surface area contributed by atoms with Gasteiger partial charge in [0.15, 0.2) is 11.4 Å². The van der Waals surface area contributed by atoms with Crippen LogP contribution in [-0.4, -0.2) is 16.8 Å². The number of aliphatic hydroxyl groups is 1. The molecule has 1 amide bonds. The third-order valence-electron chi connectivity index (χ3n) is 3.59. The van der Waals surface area contributed by atoms with Crippen LogP contribution in [0.3, 0.4) is 0 Å². The lowest BCUT2D eigenvalue weighted by atomic mass is 9.88. The molecule has 0 fully saturated rings. The average molecular weight is 285 g/mol. The van der Waals surface area contributed by atoms with Gasteiger partial charge < -0.3 is 10.4 Å². The van der Waals surface area contributed by atoms with Gasteiger partial charge >= 0.3 is 0 Å². The second kappa shape index (κ2) is 4.79. The molecule has 0 bridgehead atoms. The number of carbonyl (C=O) groups is 2. The highest BCUT2D eigenvalue weighted by atomic mass is 19.1. The molecule has 5 heteroatoms. The van der Waals surface area contributed by atoms with Crippen LogP contribution in [0, 0.1) is 5.82 Å². The molecule has 2 aromatic rings. The lowest BCUT2D eigenvalue weighted by Crippen LogP contribution is -2.36. The van der Waals surface area contributed by atoms with E-state index in [1.54, 1.807) is 24.3 Å². The van der Waals surface area contributed by atoms with Crippen LogP contribution in [0.5, 0.6) is 0 Å². The van der Waals surface area contributed by atoms with E-state index in [0.29, 0.717) is 11.3 Å². The first-order valence-corrected chi connectivity index (χ1v) is 6.43. The Morgan fingerprint density at radius 1 is 1.14 bits per heavy atom. The maximum atomic E-state index is 13.6. The third kappa shape index (κ3) is 2.11. The van der Waals surface area contributed by atoms with Gasteiger partial charge in [0, 0.05) is 11.3 Å². The standard InChI is InChI=1S/C16H12FNO3/c17-12-7-3-1-5-10(12)14(19)9-16(21)11-6-2-4-8-13(11)18-15(16)20/h1-8,21H,9H2,(H,18,20). The van der Waals surface area contributed by atoms with Crippen molar-refractivity contribution in [1.29, 1.82) is 0 Å². The first-order valence-electron chi connectivity index (χ1n) is 6.43.